The standard InChI is InChI=1S/C25H27FN4O3/c26-18-10-24(7-3-9-30(24)13-18)15-32-23-28-20-11-25(33-14-19(20)22(31)29-23)8-2-6-16-4-1-5-17(12-27)21(16)25/h1,4-5,18H,2-3,6-11,13-15H2,(H,28,29,31)/t18-,24+,25?/m1/s1. The van der Waals surface area contributed by atoms with Crippen molar-refractivity contribution in [3.05, 3.63) is 56.5 Å². The van der Waals surface area contributed by atoms with Crippen molar-refractivity contribution in [2.45, 2.75) is 68.9 Å². The Morgan fingerprint density at radius 3 is 3.15 bits per heavy atom. The van der Waals surface area contributed by atoms with Crippen LogP contribution in [-0.2, 0) is 29.8 Å². The van der Waals surface area contributed by atoms with E-state index in [1.807, 2.05) is 12.1 Å². The molecule has 2 saturated heterocycles. The van der Waals surface area contributed by atoms with E-state index >= 15 is 0 Å². The second kappa shape index (κ2) is 7.64. The number of nitriles is 1. The number of aryl methyl sites for hydroxylation is 1. The van der Waals surface area contributed by atoms with E-state index in [1.165, 1.54) is 0 Å². The number of hydrogen-bond donors (Lipinski definition) is 1. The molecule has 4 heterocycles. The number of hydrogen-bond acceptors (Lipinski definition) is 6. The van der Waals surface area contributed by atoms with E-state index in [1.54, 1.807) is 0 Å². The predicted octanol–water partition coefficient (Wildman–Crippen LogP) is 2.90. The maximum Gasteiger partial charge on any atom is 0.296 e. The fourth-order valence-electron chi connectivity index (χ4n) is 6.52. The monoisotopic (exact) mass is 450 g/mol. The number of H-pyrrole nitrogens is 1. The lowest BCUT2D eigenvalue weighted by Gasteiger charge is -2.42. The third kappa shape index (κ3) is 3.29. The summed E-state index contributed by atoms with van der Waals surface area (Å²) in [5.74, 6) is 0. The highest BCUT2D eigenvalue weighted by Crippen LogP contribution is 2.45. The van der Waals surface area contributed by atoms with Crippen LogP contribution in [0, 0.1) is 11.3 Å². The van der Waals surface area contributed by atoms with E-state index < -0.39 is 11.8 Å². The van der Waals surface area contributed by atoms with Crippen molar-refractivity contribution < 1.29 is 13.9 Å². The van der Waals surface area contributed by atoms with Crippen LogP contribution >= 0.6 is 0 Å². The average molecular weight is 451 g/mol. The lowest BCUT2D eigenvalue weighted by atomic mass is 9.73. The molecular weight excluding hydrogens is 423 g/mol. The van der Waals surface area contributed by atoms with Gasteiger partial charge in [0.2, 0.25) is 0 Å². The maximum absolute atomic E-state index is 14.1. The molecule has 0 amide bonds. The number of alkyl halides is 1. The van der Waals surface area contributed by atoms with E-state index in [0.29, 0.717) is 42.8 Å². The summed E-state index contributed by atoms with van der Waals surface area (Å²) in [5.41, 5.74) is 2.66. The van der Waals surface area contributed by atoms with Crippen LogP contribution in [0.25, 0.3) is 0 Å². The Morgan fingerprint density at radius 2 is 2.27 bits per heavy atom. The average Bonchev–Trinajstić information content (AvgIpc) is 3.33. The molecule has 1 unspecified atom stereocenters. The van der Waals surface area contributed by atoms with Gasteiger partial charge in [0, 0.05) is 24.9 Å². The Morgan fingerprint density at radius 1 is 1.36 bits per heavy atom. The Bertz CT molecular complexity index is 1210. The van der Waals surface area contributed by atoms with E-state index in [0.717, 1.165) is 49.8 Å². The Hall–Kier alpha value is -2.76. The van der Waals surface area contributed by atoms with Gasteiger partial charge in [0.1, 0.15) is 18.4 Å². The highest BCUT2D eigenvalue weighted by Gasteiger charge is 2.49. The molecular formula is C25H27FN4O3. The van der Waals surface area contributed by atoms with Gasteiger partial charge in [0.05, 0.1) is 35.0 Å². The second-order valence-electron chi connectivity index (χ2n) is 9.93. The van der Waals surface area contributed by atoms with E-state index in [9.17, 15) is 14.4 Å². The number of benzene rings is 1. The summed E-state index contributed by atoms with van der Waals surface area (Å²) in [6.45, 7) is 1.81. The molecule has 1 spiro atoms. The molecule has 6 rings (SSSR count). The van der Waals surface area contributed by atoms with Gasteiger partial charge in [0.25, 0.3) is 11.6 Å². The molecule has 1 aromatic carbocycles. The molecule has 2 aromatic rings. The molecule has 1 aromatic heterocycles. The molecule has 0 radical (unpaired) electrons. The molecule has 172 valence electrons. The quantitative estimate of drug-likeness (QED) is 0.773. The molecule has 1 aliphatic carbocycles. The lowest BCUT2D eigenvalue weighted by molar-refractivity contribution is -0.0864. The van der Waals surface area contributed by atoms with Crippen molar-refractivity contribution in [2.75, 3.05) is 19.7 Å². The second-order valence-corrected chi connectivity index (χ2v) is 9.93. The number of nitrogens with zero attached hydrogens (tertiary/aromatic N) is 3. The van der Waals surface area contributed by atoms with E-state index in [-0.39, 0.29) is 23.7 Å². The molecule has 33 heavy (non-hydrogen) atoms. The first-order valence-electron chi connectivity index (χ1n) is 11.8. The number of ether oxygens (including phenoxy) is 2. The SMILES string of the molecule is N#Cc1cccc2c1C1(CCC2)Cc2nc(OC[C@@]34CCCN3C[C@H](F)C4)[nH]c(=O)c2CO1. The zero-order chi connectivity index (χ0) is 22.6. The fourth-order valence-corrected chi connectivity index (χ4v) is 6.52. The van der Waals surface area contributed by atoms with Crippen LogP contribution in [0.1, 0.15) is 60.1 Å². The summed E-state index contributed by atoms with van der Waals surface area (Å²) in [4.78, 5) is 22.4. The first-order chi connectivity index (χ1) is 16.0. The van der Waals surface area contributed by atoms with Gasteiger partial charge >= 0.3 is 0 Å². The van der Waals surface area contributed by atoms with Crippen LogP contribution in [0.2, 0.25) is 0 Å². The molecule has 7 nitrogen and oxygen atoms in total. The van der Waals surface area contributed by atoms with Gasteiger partial charge in [0.15, 0.2) is 0 Å². The van der Waals surface area contributed by atoms with E-state index in [4.69, 9.17) is 9.47 Å². The van der Waals surface area contributed by atoms with Crippen LogP contribution in [0.4, 0.5) is 4.39 Å². The summed E-state index contributed by atoms with van der Waals surface area (Å²) < 4.78 is 26.4. The Labute approximate surface area is 191 Å². The smallest absolute Gasteiger partial charge is 0.296 e. The number of halogens is 1. The van der Waals surface area contributed by atoms with Gasteiger partial charge in [-0.25, -0.2) is 9.37 Å². The van der Waals surface area contributed by atoms with Crippen LogP contribution in [-0.4, -0.2) is 46.3 Å². The minimum absolute atomic E-state index is 0.151. The van der Waals surface area contributed by atoms with Gasteiger partial charge in [-0.15, -0.1) is 0 Å². The van der Waals surface area contributed by atoms with Gasteiger partial charge in [-0.3, -0.25) is 14.7 Å². The van der Waals surface area contributed by atoms with Gasteiger partial charge in [-0.2, -0.15) is 5.26 Å². The summed E-state index contributed by atoms with van der Waals surface area (Å²) in [6, 6.07) is 8.31. The van der Waals surface area contributed by atoms with Crippen molar-refractivity contribution in [2.24, 2.45) is 0 Å². The Balaban J connectivity index is 1.31. The lowest BCUT2D eigenvalue weighted by Crippen LogP contribution is -2.44. The maximum atomic E-state index is 14.1. The largest absolute Gasteiger partial charge is 0.463 e. The first-order valence-corrected chi connectivity index (χ1v) is 11.8. The topological polar surface area (TPSA) is 91.2 Å². The molecule has 2 fully saturated rings. The van der Waals surface area contributed by atoms with Gasteiger partial charge in [-0.05, 0) is 50.3 Å². The number of nitrogens with one attached hydrogen (secondary N) is 1. The Kier molecular flexibility index (Phi) is 4.82. The molecule has 4 aliphatic rings. The minimum Gasteiger partial charge on any atom is -0.463 e. The molecule has 1 N–H and O–H groups in total. The first kappa shape index (κ1) is 20.8. The van der Waals surface area contributed by atoms with Crippen LogP contribution < -0.4 is 10.3 Å². The molecule has 8 heteroatoms. The van der Waals surface area contributed by atoms with Gasteiger partial charge < -0.3 is 9.47 Å². The number of aromatic nitrogens is 2. The summed E-state index contributed by atoms with van der Waals surface area (Å²) in [6.07, 6.45) is 4.63. The van der Waals surface area contributed by atoms with Crippen LogP contribution in [0.15, 0.2) is 23.0 Å². The van der Waals surface area contributed by atoms with Crippen molar-refractivity contribution in [1.82, 2.24) is 14.9 Å². The predicted molar refractivity (Wildman–Crippen MR) is 118 cm³/mol. The zero-order valence-corrected chi connectivity index (χ0v) is 18.5. The van der Waals surface area contributed by atoms with Crippen molar-refractivity contribution in [3.8, 4) is 12.1 Å². The molecule has 3 aliphatic heterocycles. The van der Waals surface area contributed by atoms with Crippen LogP contribution in [0.5, 0.6) is 6.01 Å². The van der Waals surface area contributed by atoms with Crippen molar-refractivity contribution >= 4 is 0 Å². The van der Waals surface area contributed by atoms with Crippen molar-refractivity contribution in [3.63, 3.8) is 0 Å². The van der Waals surface area contributed by atoms with Gasteiger partial charge in [-0.1, -0.05) is 12.1 Å². The fraction of sp³-hybridized carbons (Fsp3) is 0.560. The van der Waals surface area contributed by atoms with Crippen LogP contribution in [0.3, 0.4) is 0 Å². The van der Waals surface area contributed by atoms with E-state index in [2.05, 4.69) is 27.0 Å². The summed E-state index contributed by atoms with van der Waals surface area (Å²) in [7, 11) is 0. The highest BCUT2D eigenvalue weighted by atomic mass is 19.1. The zero-order valence-electron chi connectivity index (χ0n) is 18.5. The molecule has 0 saturated carbocycles. The highest BCUT2D eigenvalue weighted by molar-refractivity contribution is 5.49. The number of rotatable bonds is 3. The number of aromatic amines is 1. The third-order valence-electron chi connectivity index (χ3n) is 8.02. The molecule has 0 bridgehead atoms. The normalized spacial score (nSPS) is 30.5. The minimum atomic E-state index is -0.831. The third-order valence-corrected chi connectivity index (χ3v) is 8.02. The number of fused-ring (bicyclic) bond motifs is 4. The molecule has 3 atom stereocenters. The summed E-state index contributed by atoms with van der Waals surface area (Å²) in [5, 5.41) is 9.73. The van der Waals surface area contributed by atoms with Crippen molar-refractivity contribution in [1.29, 1.82) is 5.26 Å². The summed E-state index contributed by atoms with van der Waals surface area (Å²) >= 11 is 0.